The highest BCUT2D eigenvalue weighted by Gasteiger charge is 2.18. The Bertz CT molecular complexity index is 2480. The Kier molecular flexibility index (Phi) is 6.43. The molecule has 2 heterocycles. The Morgan fingerprint density at radius 1 is 0.404 bits per heavy atom. The second-order valence-electron chi connectivity index (χ2n) is 11.6. The molecule has 0 aliphatic heterocycles. The highest BCUT2D eigenvalue weighted by Crippen LogP contribution is 2.40. The van der Waals surface area contributed by atoms with Crippen LogP contribution in [-0.2, 0) is 0 Å². The van der Waals surface area contributed by atoms with E-state index in [0.29, 0.717) is 5.89 Å². The second kappa shape index (κ2) is 11.2. The number of furan rings is 1. The predicted molar refractivity (Wildman–Crippen MR) is 192 cm³/mol. The number of hydrogen-bond acceptors (Lipinski definition) is 4. The van der Waals surface area contributed by atoms with Gasteiger partial charge >= 0.3 is 0 Å². The van der Waals surface area contributed by atoms with Gasteiger partial charge in [-0.05, 0) is 95.1 Å². The van der Waals surface area contributed by atoms with Crippen LogP contribution in [0.1, 0.15) is 0 Å². The lowest BCUT2D eigenvalue weighted by Gasteiger charge is -2.26. The van der Waals surface area contributed by atoms with Crippen LogP contribution in [0.3, 0.4) is 0 Å². The second-order valence-corrected chi connectivity index (χ2v) is 11.6. The van der Waals surface area contributed by atoms with Gasteiger partial charge < -0.3 is 13.7 Å². The first-order valence-electron chi connectivity index (χ1n) is 15.7. The van der Waals surface area contributed by atoms with Crippen molar-refractivity contribution < 1.29 is 8.83 Å². The third-order valence-electron chi connectivity index (χ3n) is 8.72. The zero-order chi connectivity index (χ0) is 31.2. The van der Waals surface area contributed by atoms with Crippen LogP contribution in [0, 0.1) is 0 Å². The highest BCUT2D eigenvalue weighted by atomic mass is 16.4. The number of benzene rings is 7. The standard InChI is InChI=1S/C43H28N2O2/c1-4-10-29(11-5-1)30-16-21-35(22-17-30)45(34-14-8-3-9-15-34)36-23-18-31(19-24-36)33-20-25-37-40(28-33)46-39-27-26-38-42(41(37)39)47-43(44-38)32-12-6-2-7-13-32/h1-28H. The molecule has 0 radical (unpaired) electrons. The molecule has 0 aliphatic rings. The van der Waals surface area contributed by atoms with Gasteiger partial charge in [-0.2, -0.15) is 0 Å². The molecular weight excluding hydrogens is 576 g/mol. The van der Waals surface area contributed by atoms with Gasteiger partial charge in [-0.15, -0.1) is 0 Å². The van der Waals surface area contributed by atoms with Gasteiger partial charge in [0, 0.05) is 28.0 Å². The molecule has 0 saturated carbocycles. The van der Waals surface area contributed by atoms with E-state index in [2.05, 4.69) is 120 Å². The van der Waals surface area contributed by atoms with Crippen LogP contribution >= 0.6 is 0 Å². The van der Waals surface area contributed by atoms with Crippen molar-refractivity contribution in [2.24, 2.45) is 0 Å². The Morgan fingerprint density at radius 3 is 1.60 bits per heavy atom. The molecule has 7 aromatic carbocycles. The van der Waals surface area contributed by atoms with Crippen molar-refractivity contribution in [1.29, 1.82) is 0 Å². The summed E-state index contributed by atoms with van der Waals surface area (Å²) >= 11 is 0. The number of fused-ring (bicyclic) bond motifs is 5. The van der Waals surface area contributed by atoms with Crippen molar-refractivity contribution in [2.75, 3.05) is 4.90 Å². The van der Waals surface area contributed by atoms with E-state index >= 15 is 0 Å². The molecule has 0 aliphatic carbocycles. The normalized spacial score (nSPS) is 11.4. The Labute approximate surface area is 271 Å². The molecule has 0 spiro atoms. The van der Waals surface area contributed by atoms with E-state index in [0.717, 1.165) is 66.8 Å². The number of anilines is 3. The average Bonchev–Trinajstić information content (AvgIpc) is 3.75. The lowest BCUT2D eigenvalue weighted by atomic mass is 10.0. The van der Waals surface area contributed by atoms with E-state index in [1.54, 1.807) is 0 Å². The molecule has 0 unspecified atom stereocenters. The maximum Gasteiger partial charge on any atom is 0.227 e. The quantitative estimate of drug-likeness (QED) is 0.189. The minimum atomic E-state index is 0.607. The highest BCUT2D eigenvalue weighted by molar-refractivity contribution is 6.16. The van der Waals surface area contributed by atoms with E-state index in [4.69, 9.17) is 13.8 Å². The molecule has 4 heteroatoms. The van der Waals surface area contributed by atoms with E-state index in [1.165, 1.54) is 11.1 Å². The molecule has 9 rings (SSSR count). The molecule has 4 nitrogen and oxygen atoms in total. The minimum absolute atomic E-state index is 0.607. The molecule has 9 aromatic rings. The lowest BCUT2D eigenvalue weighted by Crippen LogP contribution is -2.09. The van der Waals surface area contributed by atoms with Crippen LogP contribution in [0.15, 0.2) is 179 Å². The number of rotatable bonds is 6. The Balaban J connectivity index is 1.07. The van der Waals surface area contributed by atoms with E-state index in [-0.39, 0.29) is 0 Å². The molecule has 0 N–H and O–H groups in total. The first-order chi connectivity index (χ1) is 23.3. The van der Waals surface area contributed by atoms with Crippen molar-refractivity contribution in [1.82, 2.24) is 4.98 Å². The molecule has 0 atom stereocenters. The van der Waals surface area contributed by atoms with Gasteiger partial charge in [0.25, 0.3) is 0 Å². The van der Waals surface area contributed by atoms with Gasteiger partial charge in [-0.1, -0.05) is 97.1 Å². The molecule has 0 amide bonds. The monoisotopic (exact) mass is 604 g/mol. The van der Waals surface area contributed by atoms with Gasteiger partial charge in [0.1, 0.15) is 16.7 Å². The number of nitrogens with zero attached hydrogens (tertiary/aromatic N) is 2. The maximum absolute atomic E-state index is 6.36. The molecule has 47 heavy (non-hydrogen) atoms. The van der Waals surface area contributed by atoms with Crippen molar-refractivity contribution in [3.05, 3.63) is 170 Å². The third-order valence-corrected chi connectivity index (χ3v) is 8.72. The topological polar surface area (TPSA) is 42.4 Å². The Hall–Kier alpha value is -6.39. The van der Waals surface area contributed by atoms with Crippen molar-refractivity contribution >= 4 is 50.1 Å². The van der Waals surface area contributed by atoms with Gasteiger partial charge in [0.15, 0.2) is 5.58 Å². The maximum atomic E-state index is 6.36. The van der Waals surface area contributed by atoms with Crippen LogP contribution in [0.4, 0.5) is 17.1 Å². The molecular formula is C43H28N2O2. The summed E-state index contributed by atoms with van der Waals surface area (Å²) in [6.45, 7) is 0. The summed E-state index contributed by atoms with van der Waals surface area (Å²) in [4.78, 5) is 7.04. The van der Waals surface area contributed by atoms with E-state index < -0.39 is 0 Å². The summed E-state index contributed by atoms with van der Waals surface area (Å²) in [7, 11) is 0. The number of para-hydroxylation sites is 1. The molecule has 2 aromatic heterocycles. The van der Waals surface area contributed by atoms with Gasteiger partial charge in [0.2, 0.25) is 5.89 Å². The molecule has 0 fully saturated rings. The van der Waals surface area contributed by atoms with E-state index in [1.807, 2.05) is 54.6 Å². The van der Waals surface area contributed by atoms with Crippen LogP contribution < -0.4 is 4.90 Å². The zero-order valence-corrected chi connectivity index (χ0v) is 25.4. The van der Waals surface area contributed by atoms with Crippen LogP contribution in [0.25, 0.3) is 66.7 Å². The van der Waals surface area contributed by atoms with Crippen LogP contribution in [0.2, 0.25) is 0 Å². The molecule has 222 valence electrons. The predicted octanol–water partition coefficient (Wildman–Crippen LogP) is 12.2. The fourth-order valence-corrected chi connectivity index (χ4v) is 6.39. The van der Waals surface area contributed by atoms with Crippen molar-refractivity contribution in [3.63, 3.8) is 0 Å². The van der Waals surface area contributed by atoms with E-state index in [9.17, 15) is 0 Å². The summed E-state index contributed by atoms with van der Waals surface area (Å²) < 4.78 is 12.7. The molecule has 0 bridgehead atoms. The minimum Gasteiger partial charge on any atom is -0.456 e. The Morgan fingerprint density at radius 2 is 0.936 bits per heavy atom. The summed E-state index contributed by atoms with van der Waals surface area (Å²) in [5.41, 5.74) is 12.0. The van der Waals surface area contributed by atoms with Crippen molar-refractivity contribution in [3.8, 4) is 33.7 Å². The largest absolute Gasteiger partial charge is 0.456 e. The first kappa shape index (κ1) is 27.0. The SMILES string of the molecule is c1ccc(-c2ccc(N(c3ccccc3)c3ccc(-c4ccc5c(c4)oc4ccc6nc(-c7ccccc7)oc6c45)cc3)cc2)cc1. The van der Waals surface area contributed by atoms with Crippen LogP contribution in [-0.4, -0.2) is 4.98 Å². The number of aromatic nitrogens is 1. The van der Waals surface area contributed by atoms with Crippen LogP contribution in [0.5, 0.6) is 0 Å². The third kappa shape index (κ3) is 4.84. The first-order valence-corrected chi connectivity index (χ1v) is 15.7. The number of oxazole rings is 1. The fourth-order valence-electron chi connectivity index (χ4n) is 6.39. The van der Waals surface area contributed by atoms with Crippen molar-refractivity contribution in [2.45, 2.75) is 0 Å². The lowest BCUT2D eigenvalue weighted by molar-refractivity contribution is 0.622. The van der Waals surface area contributed by atoms with Gasteiger partial charge in [-0.3, -0.25) is 0 Å². The summed E-state index contributed by atoms with van der Waals surface area (Å²) in [5, 5.41) is 1.96. The van der Waals surface area contributed by atoms with Gasteiger partial charge in [-0.25, -0.2) is 4.98 Å². The zero-order valence-electron chi connectivity index (χ0n) is 25.4. The fraction of sp³-hybridized carbons (Fsp3) is 0. The summed E-state index contributed by atoms with van der Waals surface area (Å²) in [6, 6.07) is 58.7. The smallest absolute Gasteiger partial charge is 0.227 e. The number of hydrogen-bond donors (Lipinski definition) is 0. The van der Waals surface area contributed by atoms with Gasteiger partial charge in [0.05, 0.1) is 5.39 Å². The summed E-state index contributed by atoms with van der Waals surface area (Å²) in [5.74, 6) is 0.607. The summed E-state index contributed by atoms with van der Waals surface area (Å²) in [6.07, 6.45) is 0. The molecule has 0 saturated heterocycles. The average molecular weight is 605 g/mol.